The summed E-state index contributed by atoms with van der Waals surface area (Å²) in [5.41, 5.74) is 5.53. The number of unbranched alkanes of at least 4 members (excludes halogenated alkanes) is 1. The lowest BCUT2D eigenvalue weighted by Gasteiger charge is -2.14. The first-order valence-corrected chi connectivity index (χ1v) is 10.2. The van der Waals surface area contributed by atoms with Crippen molar-refractivity contribution >= 4 is 5.71 Å². The minimum atomic E-state index is 0.593. The maximum atomic E-state index is 6.06. The van der Waals surface area contributed by atoms with Crippen LogP contribution in [0, 0.1) is 13.8 Å². The van der Waals surface area contributed by atoms with Gasteiger partial charge in [0.2, 0.25) is 0 Å². The zero-order chi connectivity index (χ0) is 21.1. The monoisotopic (exact) mass is 395 g/mol. The van der Waals surface area contributed by atoms with Crippen LogP contribution in [-0.4, -0.2) is 26.0 Å². The average molecular weight is 396 g/mol. The molecule has 4 nitrogen and oxygen atoms in total. The molecule has 0 radical (unpaired) electrons. The van der Waals surface area contributed by atoms with E-state index in [0.29, 0.717) is 6.61 Å². The van der Waals surface area contributed by atoms with Gasteiger partial charge in [-0.05, 0) is 81.3 Å². The van der Waals surface area contributed by atoms with Crippen LogP contribution < -0.4 is 9.47 Å². The Hall–Kier alpha value is -2.75. The van der Waals surface area contributed by atoms with E-state index < -0.39 is 0 Å². The van der Waals surface area contributed by atoms with Crippen molar-refractivity contribution in [3.05, 3.63) is 70.8 Å². The van der Waals surface area contributed by atoms with Crippen molar-refractivity contribution in [3.8, 4) is 11.5 Å². The Morgan fingerprint density at radius 1 is 1.00 bits per heavy atom. The molecule has 0 amide bonds. The van der Waals surface area contributed by atoms with E-state index in [0.717, 1.165) is 59.8 Å². The standard InChI is InChI=1S/C25H33NO3/c1-6-7-15-28-24-17-19(2)25(20(3)18-24)29-16-9-8-10-22-11-13-23(14-12-22)21(4)26-27-5/h6-7,11-14,17-18H,8-10,15-16H2,1-5H3/b7-6+,26-21-. The second-order valence-corrected chi connectivity index (χ2v) is 7.13. The van der Waals surface area contributed by atoms with Crippen molar-refractivity contribution in [1.29, 1.82) is 0 Å². The molecule has 2 aromatic rings. The summed E-state index contributed by atoms with van der Waals surface area (Å²) in [6.45, 7) is 9.39. The lowest BCUT2D eigenvalue weighted by atomic mass is 10.0. The largest absolute Gasteiger partial charge is 0.493 e. The number of ether oxygens (including phenoxy) is 2. The minimum absolute atomic E-state index is 0.593. The normalized spacial score (nSPS) is 11.7. The predicted octanol–water partition coefficient (Wildman–Crippen LogP) is 6.03. The maximum Gasteiger partial charge on any atom is 0.125 e. The molecule has 0 aromatic heterocycles. The summed E-state index contributed by atoms with van der Waals surface area (Å²) in [7, 11) is 1.57. The Bertz CT molecular complexity index is 799. The number of oxime groups is 1. The molecule has 0 saturated carbocycles. The van der Waals surface area contributed by atoms with Gasteiger partial charge < -0.3 is 14.3 Å². The van der Waals surface area contributed by atoms with Crippen molar-refractivity contribution < 1.29 is 14.3 Å². The van der Waals surface area contributed by atoms with Gasteiger partial charge in [-0.3, -0.25) is 0 Å². The number of allylic oxidation sites excluding steroid dienone is 1. The Morgan fingerprint density at radius 2 is 1.69 bits per heavy atom. The van der Waals surface area contributed by atoms with Gasteiger partial charge in [-0.25, -0.2) is 0 Å². The van der Waals surface area contributed by atoms with Crippen LogP contribution in [-0.2, 0) is 11.3 Å². The van der Waals surface area contributed by atoms with Crippen LogP contribution in [0.4, 0.5) is 0 Å². The molecule has 2 aromatic carbocycles. The molecule has 0 N–H and O–H groups in total. The summed E-state index contributed by atoms with van der Waals surface area (Å²) in [5.74, 6) is 1.86. The Morgan fingerprint density at radius 3 is 2.31 bits per heavy atom. The van der Waals surface area contributed by atoms with E-state index in [4.69, 9.17) is 14.3 Å². The predicted molar refractivity (Wildman–Crippen MR) is 120 cm³/mol. The quantitative estimate of drug-likeness (QED) is 0.202. The van der Waals surface area contributed by atoms with Crippen LogP contribution in [0.1, 0.15) is 48.9 Å². The van der Waals surface area contributed by atoms with Gasteiger partial charge in [0.25, 0.3) is 0 Å². The molecule has 0 unspecified atom stereocenters. The highest BCUT2D eigenvalue weighted by Gasteiger charge is 2.07. The first-order chi connectivity index (χ1) is 14.0. The first-order valence-electron chi connectivity index (χ1n) is 10.2. The van der Waals surface area contributed by atoms with E-state index in [1.54, 1.807) is 7.11 Å². The minimum Gasteiger partial charge on any atom is -0.493 e. The molecule has 0 bridgehead atoms. The number of rotatable bonds is 11. The highest BCUT2D eigenvalue weighted by atomic mass is 16.6. The lowest BCUT2D eigenvalue weighted by molar-refractivity contribution is 0.213. The molecular formula is C25H33NO3. The smallest absolute Gasteiger partial charge is 0.125 e. The van der Waals surface area contributed by atoms with Gasteiger partial charge in [0, 0.05) is 0 Å². The highest BCUT2D eigenvalue weighted by Crippen LogP contribution is 2.28. The van der Waals surface area contributed by atoms with E-state index in [1.165, 1.54) is 5.56 Å². The molecular weight excluding hydrogens is 362 g/mol. The van der Waals surface area contributed by atoms with E-state index in [2.05, 4.69) is 43.3 Å². The summed E-state index contributed by atoms with van der Waals surface area (Å²) in [5, 5.41) is 3.97. The zero-order valence-corrected chi connectivity index (χ0v) is 18.3. The first kappa shape index (κ1) is 22.5. The molecule has 2 rings (SSSR count). The zero-order valence-electron chi connectivity index (χ0n) is 18.3. The van der Waals surface area contributed by atoms with Crippen molar-refractivity contribution in [3.63, 3.8) is 0 Å². The summed E-state index contributed by atoms with van der Waals surface area (Å²) in [6.07, 6.45) is 7.14. The molecule has 0 fully saturated rings. The van der Waals surface area contributed by atoms with E-state index in [1.807, 2.05) is 38.1 Å². The molecule has 0 saturated heterocycles. The SMILES string of the molecule is C/C=C/COc1cc(C)c(OCCCCc2ccc(/C(C)=N\OC)cc2)c(C)c1. The van der Waals surface area contributed by atoms with Crippen LogP contribution >= 0.6 is 0 Å². The third-order valence-electron chi connectivity index (χ3n) is 4.72. The van der Waals surface area contributed by atoms with Crippen LogP contribution in [0.3, 0.4) is 0 Å². The van der Waals surface area contributed by atoms with Crippen LogP contribution in [0.15, 0.2) is 53.7 Å². The molecule has 0 atom stereocenters. The maximum absolute atomic E-state index is 6.06. The van der Waals surface area contributed by atoms with Gasteiger partial charge in [-0.2, -0.15) is 0 Å². The van der Waals surface area contributed by atoms with Gasteiger partial charge in [-0.1, -0.05) is 41.6 Å². The molecule has 0 aliphatic carbocycles. The number of hydrogen-bond donors (Lipinski definition) is 0. The summed E-state index contributed by atoms with van der Waals surface area (Å²) >= 11 is 0. The fraction of sp³-hybridized carbons (Fsp3) is 0.400. The van der Waals surface area contributed by atoms with Crippen molar-refractivity contribution in [2.75, 3.05) is 20.3 Å². The number of hydrogen-bond acceptors (Lipinski definition) is 4. The molecule has 0 spiro atoms. The Balaban J connectivity index is 1.78. The fourth-order valence-electron chi connectivity index (χ4n) is 3.17. The fourth-order valence-corrected chi connectivity index (χ4v) is 3.17. The average Bonchev–Trinajstić information content (AvgIpc) is 2.70. The van der Waals surface area contributed by atoms with E-state index in [9.17, 15) is 0 Å². The third-order valence-corrected chi connectivity index (χ3v) is 4.72. The molecule has 0 aliphatic rings. The molecule has 0 heterocycles. The molecule has 4 heteroatoms. The van der Waals surface area contributed by atoms with Gasteiger partial charge in [0.15, 0.2) is 0 Å². The highest BCUT2D eigenvalue weighted by molar-refractivity contribution is 5.98. The molecule has 29 heavy (non-hydrogen) atoms. The topological polar surface area (TPSA) is 40.0 Å². The van der Waals surface area contributed by atoms with Crippen LogP contribution in [0.5, 0.6) is 11.5 Å². The van der Waals surface area contributed by atoms with Gasteiger partial charge in [-0.15, -0.1) is 0 Å². The third kappa shape index (κ3) is 7.30. The van der Waals surface area contributed by atoms with Crippen molar-refractivity contribution in [2.45, 2.75) is 47.0 Å². The Kier molecular flexibility index (Phi) is 9.29. The van der Waals surface area contributed by atoms with Crippen LogP contribution in [0.25, 0.3) is 0 Å². The number of nitrogens with zero attached hydrogens (tertiary/aromatic N) is 1. The molecule has 0 aliphatic heterocycles. The van der Waals surface area contributed by atoms with Crippen molar-refractivity contribution in [1.82, 2.24) is 0 Å². The summed E-state index contributed by atoms with van der Waals surface area (Å²) in [4.78, 5) is 4.83. The Labute approximate surface area is 175 Å². The van der Waals surface area contributed by atoms with Crippen LogP contribution in [0.2, 0.25) is 0 Å². The summed E-state index contributed by atoms with van der Waals surface area (Å²) < 4.78 is 11.8. The second-order valence-electron chi connectivity index (χ2n) is 7.13. The van der Waals surface area contributed by atoms with E-state index >= 15 is 0 Å². The summed E-state index contributed by atoms with van der Waals surface area (Å²) in [6, 6.07) is 12.6. The van der Waals surface area contributed by atoms with Crippen molar-refractivity contribution in [2.24, 2.45) is 5.16 Å². The lowest BCUT2D eigenvalue weighted by Crippen LogP contribution is -2.03. The van der Waals surface area contributed by atoms with Gasteiger partial charge >= 0.3 is 0 Å². The van der Waals surface area contributed by atoms with E-state index in [-0.39, 0.29) is 0 Å². The van der Waals surface area contributed by atoms with Gasteiger partial charge in [0.05, 0.1) is 12.3 Å². The molecule has 156 valence electrons. The number of benzene rings is 2. The second kappa shape index (κ2) is 11.9. The van der Waals surface area contributed by atoms with Gasteiger partial charge in [0.1, 0.15) is 25.2 Å². The number of aryl methyl sites for hydroxylation is 3.